The molecule has 3 rings (SSSR count). The highest BCUT2D eigenvalue weighted by atomic mass is 127. The predicted octanol–water partition coefficient (Wildman–Crippen LogP) is 4.72. The highest BCUT2D eigenvalue weighted by molar-refractivity contribution is 14.0. The largest absolute Gasteiger partial charge is 0.469 e. The minimum atomic E-state index is -0.797. The van der Waals surface area contributed by atoms with Gasteiger partial charge in [-0.05, 0) is 56.0 Å². The van der Waals surface area contributed by atoms with Crippen molar-refractivity contribution in [2.45, 2.75) is 58.2 Å². The van der Waals surface area contributed by atoms with Crippen LogP contribution in [-0.4, -0.2) is 42.6 Å². The summed E-state index contributed by atoms with van der Waals surface area (Å²) in [7, 11) is 0. The lowest BCUT2D eigenvalue weighted by atomic mass is 10.0. The van der Waals surface area contributed by atoms with Gasteiger partial charge in [-0.25, -0.2) is 8.78 Å². The van der Waals surface area contributed by atoms with Gasteiger partial charge in [0.05, 0.1) is 6.26 Å². The number of furan rings is 1. The minimum Gasteiger partial charge on any atom is -0.469 e. The number of guanidine groups is 1. The highest BCUT2D eigenvalue weighted by Crippen LogP contribution is 2.16. The molecule has 31 heavy (non-hydrogen) atoms. The first kappa shape index (κ1) is 25.6. The van der Waals surface area contributed by atoms with E-state index >= 15 is 0 Å². The number of hydrogen-bond acceptors (Lipinski definition) is 3. The Morgan fingerprint density at radius 1 is 1.23 bits per heavy atom. The molecule has 1 saturated heterocycles. The van der Waals surface area contributed by atoms with Crippen LogP contribution in [0.4, 0.5) is 8.78 Å². The Balaban J connectivity index is 0.00000341. The minimum absolute atomic E-state index is 0. The number of piperidine rings is 1. The number of nitrogens with one attached hydrogen (secondary N) is 2. The van der Waals surface area contributed by atoms with Crippen molar-refractivity contribution in [3.63, 3.8) is 0 Å². The first-order valence-electron chi connectivity index (χ1n) is 10.8. The maximum atomic E-state index is 13.4. The molecule has 5 nitrogen and oxygen atoms in total. The maximum Gasteiger partial charge on any atom is 0.191 e. The van der Waals surface area contributed by atoms with Crippen LogP contribution in [0.5, 0.6) is 0 Å². The van der Waals surface area contributed by atoms with E-state index in [0.29, 0.717) is 25.2 Å². The number of aliphatic imine (C=N–C) groups is 1. The molecular weight excluding hydrogens is 513 g/mol. The molecule has 1 aromatic carbocycles. The van der Waals surface area contributed by atoms with Crippen LogP contribution in [0.1, 0.15) is 44.4 Å². The lowest BCUT2D eigenvalue weighted by molar-refractivity contribution is 0.198. The third-order valence-corrected chi connectivity index (χ3v) is 5.52. The van der Waals surface area contributed by atoms with Gasteiger partial charge in [0.2, 0.25) is 0 Å². The zero-order valence-electron chi connectivity index (χ0n) is 18.2. The molecular formula is C23H33F2IN4O. The van der Waals surface area contributed by atoms with E-state index in [9.17, 15) is 8.78 Å². The van der Waals surface area contributed by atoms with E-state index in [0.717, 1.165) is 56.1 Å². The molecule has 1 aliphatic rings. The Morgan fingerprint density at radius 3 is 2.65 bits per heavy atom. The summed E-state index contributed by atoms with van der Waals surface area (Å²) >= 11 is 0. The molecule has 0 amide bonds. The Morgan fingerprint density at radius 2 is 2.00 bits per heavy atom. The lowest BCUT2D eigenvalue weighted by Gasteiger charge is -2.33. The molecule has 0 spiro atoms. The second-order valence-electron chi connectivity index (χ2n) is 7.96. The van der Waals surface area contributed by atoms with Gasteiger partial charge in [0.1, 0.15) is 5.76 Å². The van der Waals surface area contributed by atoms with Crippen LogP contribution in [0.15, 0.2) is 46.0 Å². The van der Waals surface area contributed by atoms with Crippen molar-refractivity contribution in [2.75, 3.05) is 19.6 Å². The Bertz CT molecular complexity index is 808. The van der Waals surface area contributed by atoms with Gasteiger partial charge in [-0.1, -0.05) is 13.0 Å². The number of benzene rings is 1. The third kappa shape index (κ3) is 8.40. The van der Waals surface area contributed by atoms with Crippen LogP contribution in [0.2, 0.25) is 0 Å². The average Bonchev–Trinajstić information content (AvgIpc) is 3.25. The van der Waals surface area contributed by atoms with Crippen molar-refractivity contribution >= 4 is 29.9 Å². The molecule has 1 unspecified atom stereocenters. The normalized spacial score (nSPS) is 16.6. The van der Waals surface area contributed by atoms with Gasteiger partial charge in [0.15, 0.2) is 17.6 Å². The van der Waals surface area contributed by atoms with Crippen molar-refractivity contribution in [2.24, 2.45) is 4.99 Å². The van der Waals surface area contributed by atoms with Gasteiger partial charge in [0, 0.05) is 44.7 Å². The molecule has 0 bridgehead atoms. The van der Waals surface area contributed by atoms with Crippen LogP contribution in [0.3, 0.4) is 0 Å². The Hall–Kier alpha value is -1.68. The maximum absolute atomic E-state index is 13.4. The fraction of sp³-hybridized carbons (Fsp3) is 0.522. The van der Waals surface area contributed by atoms with E-state index in [4.69, 9.17) is 9.41 Å². The molecule has 0 aliphatic carbocycles. The van der Waals surface area contributed by atoms with Crippen molar-refractivity contribution in [3.8, 4) is 0 Å². The molecule has 2 aromatic rings. The quantitative estimate of drug-likeness (QED) is 0.286. The van der Waals surface area contributed by atoms with E-state index in [1.165, 1.54) is 12.1 Å². The van der Waals surface area contributed by atoms with Crippen LogP contribution in [-0.2, 0) is 13.0 Å². The Kier molecular flexibility index (Phi) is 10.7. The van der Waals surface area contributed by atoms with Gasteiger partial charge in [-0.3, -0.25) is 9.89 Å². The van der Waals surface area contributed by atoms with Gasteiger partial charge in [-0.15, -0.1) is 24.0 Å². The first-order valence-corrected chi connectivity index (χ1v) is 10.8. The fourth-order valence-corrected chi connectivity index (χ4v) is 3.53. The number of rotatable bonds is 8. The number of hydrogen-bond donors (Lipinski definition) is 2. The summed E-state index contributed by atoms with van der Waals surface area (Å²) in [6, 6.07) is 8.68. The molecule has 0 radical (unpaired) electrons. The van der Waals surface area contributed by atoms with Gasteiger partial charge in [0.25, 0.3) is 0 Å². The standard InChI is InChI=1S/C23H32F2N4O.HI/c1-3-17(2)27-23(26-11-8-20-5-4-14-30-20)28-19-9-12-29(13-10-19)16-18-6-7-21(24)22(25)15-18;/h4-7,14-15,17,19H,3,8-13,16H2,1-2H3,(H2,26,27,28);1H. The van der Waals surface area contributed by atoms with E-state index < -0.39 is 11.6 Å². The third-order valence-electron chi connectivity index (χ3n) is 5.52. The van der Waals surface area contributed by atoms with Crippen molar-refractivity contribution in [1.29, 1.82) is 0 Å². The summed E-state index contributed by atoms with van der Waals surface area (Å²) in [5, 5.41) is 7.05. The van der Waals surface area contributed by atoms with E-state index in [1.54, 1.807) is 12.3 Å². The summed E-state index contributed by atoms with van der Waals surface area (Å²) in [6.07, 6.45) is 5.43. The molecule has 8 heteroatoms. The van der Waals surface area contributed by atoms with Crippen molar-refractivity contribution in [3.05, 3.63) is 59.6 Å². The fourth-order valence-electron chi connectivity index (χ4n) is 3.53. The van der Waals surface area contributed by atoms with Crippen LogP contribution in [0, 0.1) is 11.6 Å². The second kappa shape index (κ2) is 13.0. The zero-order chi connectivity index (χ0) is 21.3. The highest BCUT2D eigenvalue weighted by Gasteiger charge is 2.21. The SMILES string of the molecule is CCC(C)NC(=NCCc1ccco1)NC1CCN(Cc2ccc(F)c(F)c2)CC1.I. The summed E-state index contributed by atoms with van der Waals surface area (Å²) in [5.41, 5.74) is 0.805. The topological polar surface area (TPSA) is 52.8 Å². The second-order valence-corrected chi connectivity index (χ2v) is 7.96. The number of halogens is 3. The smallest absolute Gasteiger partial charge is 0.191 e. The number of nitrogens with zero attached hydrogens (tertiary/aromatic N) is 2. The van der Waals surface area contributed by atoms with Gasteiger partial charge in [-0.2, -0.15) is 0 Å². The molecule has 1 atom stereocenters. The van der Waals surface area contributed by atoms with E-state index in [1.807, 2.05) is 12.1 Å². The number of likely N-dealkylation sites (tertiary alicyclic amines) is 1. The average molecular weight is 546 g/mol. The summed E-state index contributed by atoms with van der Waals surface area (Å²) < 4.78 is 31.9. The van der Waals surface area contributed by atoms with Gasteiger partial charge < -0.3 is 15.1 Å². The predicted molar refractivity (Wildman–Crippen MR) is 131 cm³/mol. The molecule has 172 valence electrons. The van der Waals surface area contributed by atoms with Crippen LogP contribution < -0.4 is 10.6 Å². The molecule has 1 aliphatic heterocycles. The molecule has 2 heterocycles. The molecule has 2 N–H and O–H groups in total. The summed E-state index contributed by atoms with van der Waals surface area (Å²) in [6.45, 7) is 7.40. The van der Waals surface area contributed by atoms with E-state index in [2.05, 4.69) is 29.4 Å². The molecule has 0 saturated carbocycles. The van der Waals surface area contributed by atoms with Crippen LogP contribution in [0.25, 0.3) is 0 Å². The van der Waals surface area contributed by atoms with E-state index in [-0.39, 0.29) is 24.0 Å². The first-order chi connectivity index (χ1) is 14.5. The van der Waals surface area contributed by atoms with Gasteiger partial charge >= 0.3 is 0 Å². The Labute approximate surface area is 200 Å². The van der Waals surface area contributed by atoms with Crippen molar-refractivity contribution < 1.29 is 13.2 Å². The monoisotopic (exact) mass is 546 g/mol. The van der Waals surface area contributed by atoms with Crippen molar-refractivity contribution in [1.82, 2.24) is 15.5 Å². The summed E-state index contributed by atoms with van der Waals surface area (Å²) in [5.74, 6) is 0.201. The summed E-state index contributed by atoms with van der Waals surface area (Å²) in [4.78, 5) is 7.01. The molecule has 1 aromatic heterocycles. The zero-order valence-corrected chi connectivity index (χ0v) is 20.6. The van der Waals surface area contributed by atoms with Crippen LogP contribution >= 0.6 is 24.0 Å². The lowest BCUT2D eigenvalue weighted by Crippen LogP contribution is -2.50. The molecule has 1 fully saturated rings.